The van der Waals surface area contributed by atoms with Crippen molar-refractivity contribution < 1.29 is 19.4 Å². The monoisotopic (exact) mass is 308 g/mol. The molecule has 1 saturated heterocycles. The van der Waals surface area contributed by atoms with Gasteiger partial charge in [0.05, 0.1) is 18.7 Å². The number of aliphatic imine (C=N–C) groups is 1. The summed E-state index contributed by atoms with van der Waals surface area (Å²) in [4.78, 5) is 28.6. The molecule has 1 heterocycles. The van der Waals surface area contributed by atoms with Gasteiger partial charge >= 0.3 is 5.97 Å². The van der Waals surface area contributed by atoms with Crippen LogP contribution < -0.4 is 4.74 Å². The van der Waals surface area contributed by atoms with Crippen molar-refractivity contribution in [1.82, 2.24) is 4.90 Å². The van der Waals surface area contributed by atoms with Crippen molar-refractivity contribution in [3.05, 3.63) is 24.3 Å². The fraction of sp³-hybridized carbons (Fsp3) is 0.357. The Labute approximate surface area is 126 Å². The first kappa shape index (κ1) is 15.4. The molecule has 7 heteroatoms. The maximum atomic E-state index is 11.8. The summed E-state index contributed by atoms with van der Waals surface area (Å²) in [5.74, 6) is -0.503. The number of carboxylic acids is 1. The Kier molecular flexibility index (Phi) is 4.85. The van der Waals surface area contributed by atoms with Gasteiger partial charge in [-0.05, 0) is 31.2 Å². The van der Waals surface area contributed by atoms with Gasteiger partial charge in [-0.2, -0.15) is 0 Å². The van der Waals surface area contributed by atoms with Gasteiger partial charge in [-0.15, -0.1) is 0 Å². The van der Waals surface area contributed by atoms with E-state index in [1.54, 1.807) is 31.3 Å². The fourth-order valence-electron chi connectivity index (χ4n) is 1.78. The average molecular weight is 308 g/mol. The van der Waals surface area contributed by atoms with Gasteiger partial charge in [0.1, 0.15) is 11.0 Å². The van der Waals surface area contributed by atoms with Gasteiger partial charge < -0.3 is 9.84 Å². The minimum Gasteiger partial charge on any atom is -0.494 e. The first-order valence-electron chi connectivity index (χ1n) is 6.49. The zero-order valence-electron chi connectivity index (χ0n) is 11.8. The van der Waals surface area contributed by atoms with Crippen LogP contribution in [-0.4, -0.2) is 46.0 Å². The topological polar surface area (TPSA) is 79.2 Å². The number of rotatable bonds is 4. The average Bonchev–Trinajstić information content (AvgIpc) is 2.45. The van der Waals surface area contributed by atoms with Crippen LogP contribution in [-0.2, 0) is 9.59 Å². The Balaban J connectivity index is 2.20. The van der Waals surface area contributed by atoms with Crippen molar-refractivity contribution in [2.45, 2.75) is 18.6 Å². The lowest BCUT2D eigenvalue weighted by Gasteiger charge is -2.27. The number of ether oxygens (including phenoxy) is 1. The van der Waals surface area contributed by atoms with Crippen molar-refractivity contribution in [3.8, 4) is 5.75 Å². The third kappa shape index (κ3) is 3.75. The zero-order chi connectivity index (χ0) is 15.4. The second-order valence-electron chi connectivity index (χ2n) is 4.42. The molecule has 1 N–H and O–H groups in total. The Hall–Kier alpha value is -2.02. The summed E-state index contributed by atoms with van der Waals surface area (Å²) in [6, 6.07) is 7.10. The molecule has 6 nitrogen and oxygen atoms in total. The molecule has 0 saturated carbocycles. The van der Waals surface area contributed by atoms with Crippen LogP contribution in [0.25, 0.3) is 0 Å². The molecular weight excluding hydrogens is 292 g/mol. The SMILES string of the molecule is CCOc1ccc(N=C2S[C@H](C(=O)O)CC(=O)N2C)cc1. The molecule has 1 aliphatic heterocycles. The number of carbonyl (C=O) groups is 2. The summed E-state index contributed by atoms with van der Waals surface area (Å²) in [5.41, 5.74) is 0.645. The molecule has 0 aliphatic carbocycles. The second kappa shape index (κ2) is 6.62. The molecule has 2 rings (SSSR count). The fourth-order valence-corrected chi connectivity index (χ4v) is 2.78. The van der Waals surface area contributed by atoms with E-state index in [9.17, 15) is 9.59 Å². The Morgan fingerprint density at radius 1 is 1.48 bits per heavy atom. The van der Waals surface area contributed by atoms with Gasteiger partial charge in [-0.1, -0.05) is 11.8 Å². The summed E-state index contributed by atoms with van der Waals surface area (Å²) in [7, 11) is 1.60. The number of amidine groups is 1. The van der Waals surface area contributed by atoms with Gasteiger partial charge in [0, 0.05) is 7.05 Å². The number of hydrogen-bond acceptors (Lipinski definition) is 5. The van der Waals surface area contributed by atoms with Crippen LogP contribution in [0.2, 0.25) is 0 Å². The molecule has 21 heavy (non-hydrogen) atoms. The minimum absolute atomic E-state index is 0.0151. The predicted octanol–water partition coefficient (Wildman–Crippen LogP) is 2.12. The van der Waals surface area contributed by atoms with Crippen molar-refractivity contribution in [1.29, 1.82) is 0 Å². The van der Waals surface area contributed by atoms with Crippen molar-refractivity contribution in [2.75, 3.05) is 13.7 Å². The molecule has 0 bridgehead atoms. The summed E-state index contributed by atoms with van der Waals surface area (Å²) in [5, 5.41) is 8.67. The number of carboxylic acid groups (broad SMARTS) is 1. The van der Waals surface area contributed by atoms with Gasteiger partial charge in [-0.3, -0.25) is 14.5 Å². The molecule has 112 valence electrons. The molecule has 0 spiro atoms. The van der Waals surface area contributed by atoms with E-state index in [0.717, 1.165) is 17.5 Å². The normalized spacial score (nSPS) is 20.7. The lowest BCUT2D eigenvalue weighted by Crippen LogP contribution is -2.41. The second-order valence-corrected chi connectivity index (χ2v) is 5.59. The smallest absolute Gasteiger partial charge is 0.317 e. The Morgan fingerprint density at radius 2 is 2.14 bits per heavy atom. The van der Waals surface area contributed by atoms with Gasteiger partial charge in [-0.25, -0.2) is 4.99 Å². The Morgan fingerprint density at radius 3 is 2.71 bits per heavy atom. The zero-order valence-corrected chi connectivity index (χ0v) is 12.6. The van der Waals surface area contributed by atoms with Crippen LogP contribution in [0.1, 0.15) is 13.3 Å². The number of carbonyl (C=O) groups excluding carboxylic acids is 1. The largest absolute Gasteiger partial charge is 0.494 e. The van der Waals surface area contributed by atoms with E-state index >= 15 is 0 Å². The van der Waals surface area contributed by atoms with Gasteiger partial charge in [0.25, 0.3) is 0 Å². The third-order valence-corrected chi connectivity index (χ3v) is 4.15. The highest BCUT2D eigenvalue weighted by molar-refractivity contribution is 8.15. The van der Waals surface area contributed by atoms with E-state index in [4.69, 9.17) is 9.84 Å². The quantitative estimate of drug-likeness (QED) is 0.921. The van der Waals surface area contributed by atoms with Crippen molar-refractivity contribution >= 4 is 34.5 Å². The molecule has 1 fully saturated rings. The summed E-state index contributed by atoms with van der Waals surface area (Å²) in [6.45, 7) is 2.49. The van der Waals surface area contributed by atoms with E-state index < -0.39 is 11.2 Å². The number of benzene rings is 1. The molecule has 1 atom stereocenters. The van der Waals surface area contributed by atoms with Crippen LogP contribution in [0.4, 0.5) is 5.69 Å². The first-order chi connectivity index (χ1) is 10.0. The van der Waals surface area contributed by atoms with E-state index in [1.165, 1.54) is 4.90 Å². The molecular formula is C14H16N2O4S. The van der Waals surface area contributed by atoms with Crippen LogP contribution in [0, 0.1) is 0 Å². The lowest BCUT2D eigenvalue weighted by molar-refractivity contribution is -0.139. The number of hydrogen-bond donors (Lipinski definition) is 1. The highest BCUT2D eigenvalue weighted by atomic mass is 32.2. The molecule has 1 aromatic carbocycles. The van der Waals surface area contributed by atoms with Crippen LogP contribution in [0.15, 0.2) is 29.3 Å². The molecule has 0 aromatic heterocycles. The molecule has 0 unspecified atom stereocenters. The highest BCUT2D eigenvalue weighted by Crippen LogP contribution is 2.28. The van der Waals surface area contributed by atoms with E-state index in [-0.39, 0.29) is 12.3 Å². The standard InChI is InChI=1S/C14H16N2O4S/c1-3-20-10-6-4-9(5-7-10)15-14-16(2)12(17)8-11(21-14)13(18)19/h4-7,11H,3,8H2,1-2H3,(H,18,19)/t11-/m0/s1. The van der Waals surface area contributed by atoms with Gasteiger partial charge in [0.15, 0.2) is 5.17 Å². The summed E-state index contributed by atoms with van der Waals surface area (Å²) < 4.78 is 5.34. The molecule has 1 aliphatic rings. The molecule has 1 aromatic rings. The lowest BCUT2D eigenvalue weighted by atomic mass is 10.3. The van der Waals surface area contributed by atoms with Crippen molar-refractivity contribution in [2.24, 2.45) is 4.99 Å². The summed E-state index contributed by atoms with van der Waals surface area (Å²) >= 11 is 1.09. The minimum atomic E-state index is -0.999. The number of nitrogens with zero attached hydrogens (tertiary/aromatic N) is 2. The third-order valence-electron chi connectivity index (χ3n) is 2.92. The van der Waals surface area contributed by atoms with Crippen LogP contribution in [0.5, 0.6) is 5.75 Å². The molecule has 1 amide bonds. The van der Waals surface area contributed by atoms with Crippen molar-refractivity contribution in [3.63, 3.8) is 0 Å². The van der Waals surface area contributed by atoms with E-state index in [2.05, 4.69) is 4.99 Å². The number of aliphatic carboxylic acids is 1. The number of thioether (sulfide) groups is 1. The maximum absolute atomic E-state index is 11.8. The van der Waals surface area contributed by atoms with Gasteiger partial charge in [0.2, 0.25) is 5.91 Å². The Bertz CT molecular complexity index is 571. The summed E-state index contributed by atoms with van der Waals surface area (Å²) in [6.07, 6.45) is -0.0151. The van der Waals surface area contributed by atoms with E-state index in [1.807, 2.05) is 6.92 Å². The predicted molar refractivity (Wildman–Crippen MR) is 81.1 cm³/mol. The van der Waals surface area contributed by atoms with Crippen LogP contribution in [0.3, 0.4) is 0 Å². The molecule has 0 radical (unpaired) electrons. The van der Waals surface area contributed by atoms with E-state index in [0.29, 0.717) is 17.5 Å². The number of amides is 1. The highest BCUT2D eigenvalue weighted by Gasteiger charge is 2.33. The first-order valence-corrected chi connectivity index (χ1v) is 7.36. The maximum Gasteiger partial charge on any atom is 0.317 e. The van der Waals surface area contributed by atoms with Crippen LogP contribution >= 0.6 is 11.8 Å².